The van der Waals surface area contributed by atoms with Crippen molar-refractivity contribution in [2.75, 3.05) is 33.7 Å². The van der Waals surface area contributed by atoms with Crippen molar-refractivity contribution in [3.8, 4) is 0 Å². The number of carbonyl (C=O) groups excluding carboxylic acids is 2. The normalized spacial score (nSPS) is 33.3. The van der Waals surface area contributed by atoms with Crippen molar-refractivity contribution < 1.29 is 9.59 Å². The maximum atomic E-state index is 12.3. The molecule has 3 N–H and O–H groups in total. The van der Waals surface area contributed by atoms with E-state index in [1.807, 2.05) is 7.05 Å². The SMILES string of the molecule is CNCCN(C)C(=O)CCNC(=O)NC12CC3CC(CC(C3)C1)C2. The van der Waals surface area contributed by atoms with Gasteiger partial charge in [0.05, 0.1) is 0 Å². The number of urea groups is 1. The summed E-state index contributed by atoms with van der Waals surface area (Å²) >= 11 is 0. The number of nitrogens with one attached hydrogen (secondary N) is 3. The zero-order valence-electron chi connectivity index (χ0n) is 15.1. The van der Waals surface area contributed by atoms with Crippen LogP contribution >= 0.6 is 0 Å². The molecule has 136 valence electrons. The van der Waals surface area contributed by atoms with Crippen molar-refractivity contribution in [3.63, 3.8) is 0 Å². The summed E-state index contributed by atoms with van der Waals surface area (Å²) in [6.07, 6.45) is 7.92. The highest BCUT2D eigenvalue weighted by atomic mass is 16.2. The molecule has 0 aliphatic heterocycles. The lowest BCUT2D eigenvalue weighted by Crippen LogP contribution is -2.61. The monoisotopic (exact) mass is 336 g/mol. The van der Waals surface area contributed by atoms with Crippen LogP contribution < -0.4 is 16.0 Å². The van der Waals surface area contributed by atoms with Gasteiger partial charge in [0.25, 0.3) is 0 Å². The van der Waals surface area contributed by atoms with Crippen molar-refractivity contribution in [1.82, 2.24) is 20.9 Å². The average molecular weight is 336 g/mol. The predicted molar refractivity (Wildman–Crippen MR) is 93.6 cm³/mol. The van der Waals surface area contributed by atoms with Crippen molar-refractivity contribution in [1.29, 1.82) is 0 Å². The topological polar surface area (TPSA) is 73.5 Å². The van der Waals surface area contributed by atoms with E-state index in [4.69, 9.17) is 0 Å². The Morgan fingerprint density at radius 3 is 2.17 bits per heavy atom. The van der Waals surface area contributed by atoms with E-state index in [2.05, 4.69) is 16.0 Å². The smallest absolute Gasteiger partial charge is 0.315 e. The van der Waals surface area contributed by atoms with Gasteiger partial charge in [0, 0.05) is 38.6 Å². The van der Waals surface area contributed by atoms with E-state index in [9.17, 15) is 9.59 Å². The van der Waals surface area contributed by atoms with Crippen LogP contribution in [0.4, 0.5) is 4.79 Å². The number of hydrogen-bond donors (Lipinski definition) is 3. The van der Waals surface area contributed by atoms with Gasteiger partial charge in [-0.2, -0.15) is 0 Å². The lowest BCUT2D eigenvalue weighted by atomic mass is 9.53. The Morgan fingerprint density at radius 2 is 1.62 bits per heavy atom. The minimum atomic E-state index is -0.0948. The van der Waals surface area contributed by atoms with Crippen LogP contribution in [0.1, 0.15) is 44.9 Å². The molecule has 3 amide bonds. The van der Waals surface area contributed by atoms with E-state index in [-0.39, 0.29) is 17.5 Å². The second-order valence-electron chi connectivity index (χ2n) is 8.25. The summed E-state index contributed by atoms with van der Waals surface area (Å²) in [5, 5.41) is 9.19. The Labute approximate surface area is 145 Å². The molecule has 0 aromatic heterocycles. The Morgan fingerprint density at radius 1 is 1.04 bits per heavy atom. The van der Waals surface area contributed by atoms with Crippen molar-refractivity contribution in [2.45, 2.75) is 50.5 Å². The number of nitrogens with zero attached hydrogens (tertiary/aromatic N) is 1. The lowest BCUT2D eigenvalue weighted by molar-refractivity contribution is -0.129. The molecule has 4 rings (SSSR count). The van der Waals surface area contributed by atoms with Gasteiger partial charge in [-0.15, -0.1) is 0 Å². The molecule has 0 saturated heterocycles. The van der Waals surface area contributed by atoms with Crippen LogP contribution in [0.5, 0.6) is 0 Å². The third-order valence-electron chi connectivity index (χ3n) is 6.16. The molecule has 4 saturated carbocycles. The standard InChI is InChI=1S/C18H32N4O2/c1-19-5-6-22(2)16(23)3-4-20-17(24)21-18-10-13-7-14(11-18)9-15(8-13)12-18/h13-15,19H,3-12H2,1-2H3,(H2,20,21,24). The number of amides is 3. The fourth-order valence-electron chi connectivity index (χ4n) is 5.43. The molecule has 0 spiro atoms. The molecular formula is C18H32N4O2. The van der Waals surface area contributed by atoms with Gasteiger partial charge in [0.2, 0.25) is 5.91 Å². The number of rotatable bonds is 7. The maximum Gasteiger partial charge on any atom is 0.315 e. The maximum absolute atomic E-state index is 12.3. The van der Waals surface area contributed by atoms with Crippen LogP contribution in [0.15, 0.2) is 0 Å². The second kappa shape index (κ2) is 7.30. The van der Waals surface area contributed by atoms with E-state index in [0.29, 0.717) is 19.5 Å². The molecule has 0 aromatic rings. The first-order valence-corrected chi connectivity index (χ1v) is 9.44. The van der Waals surface area contributed by atoms with Crippen molar-refractivity contribution >= 4 is 11.9 Å². The molecule has 4 aliphatic rings. The molecule has 0 unspecified atom stereocenters. The minimum Gasteiger partial charge on any atom is -0.344 e. The number of likely N-dealkylation sites (N-methyl/N-ethyl adjacent to an activating group) is 2. The third kappa shape index (κ3) is 4.02. The van der Waals surface area contributed by atoms with Crippen LogP contribution in [0, 0.1) is 17.8 Å². The molecule has 0 atom stereocenters. The first-order valence-electron chi connectivity index (χ1n) is 9.44. The van der Waals surface area contributed by atoms with Gasteiger partial charge in [0.1, 0.15) is 0 Å². The molecule has 0 aromatic carbocycles. The van der Waals surface area contributed by atoms with Crippen LogP contribution in [0.25, 0.3) is 0 Å². The quantitative estimate of drug-likeness (QED) is 0.656. The van der Waals surface area contributed by atoms with Crippen LogP contribution in [-0.2, 0) is 4.79 Å². The molecule has 24 heavy (non-hydrogen) atoms. The lowest BCUT2D eigenvalue weighted by Gasteiger charge is -2.56. The molecule has 0 heterocycles. The van der Waals surface area contributed by atoms with E-state index >= 15 is 0 Å². The Hall–Kier alpha value is -1.30. The van der Waals surface area contributed by atoms with Crippen LogP contribution in [0.2, 0.25) is 0 Å². The van der Waals surface area contributed by atoms with Gasteiger partial charge in [-0.05, 0) is 63.3 Å². The summed E-state index contributed by atoms with van der Waals surface area (Å²) in [6, 6.07) is -0.0948. The fraction of sp³-hybridized carbons (Fsp3) is 0.889. The van der Waals surface area contributed by atoms with Gasteiger partial charge in [-0.25, -0.2) is 4.79 Å². The van der Waals surface area contributed by atoms with Gasteiger partial charge in [0.15, 0.2) is 0 Å². The van der Waals surface area contributed by atoms with E-state index < -0.39 is 0 Å². The molecule has 4 fully saturated rings. The number of carbonyl (C=O) groups is 2. The summed E-state index contributed by atoms with van der Waals surface area (Å²) in [5.74, 6) is 2.53. The highest BCUT2D eigenvalue weighted by Gasteiger charge is 2.51. The predicted octanol–water partition coefficient (Wildman–Crippen LogP) is 1.32. The third-order valence-corrected chi connectivity index (χ3v) is 6.16. The zero-order valence-corrected chi connectivity index (χ0v) is 15.1. The minimum absolute atomic E-state index is 0.0342. The second-order valence-corrected chi connectivity index (χ2v) is 8.25. The molecule has 6 heteroatoms. The largest absolute Gasteiger partial charge is 0.344 e. The summed E-state index contributed by atoms with van der Waals surface area (Å²) in [5.41, 5.74) is 0.0342. The van der Waals surface area contributed by atoms with E-state index in [1.54, 1.807) is 11.9 Å². The average Bonchev–Trinajstić information content (AvgIpc) is 2.50. The molecule has 4 bridgehead atoms. The Balaban J connectivity index is 1.39. The fourth-order valence-corrected chi connectivity index (χ4v) is 5.43. The van der Waals surface area contributed by atoms with Gasteiger partial charge in [-0.1, -0.05) is 0 Å². The summed E-state index contributed by atoms with van der Waals surface area (Å²) in [4.78, 5) is 26.0. The highest BCUT2D eigenvalue weighted by molar-refractivity contribution is 5.78. The highest BCUT2D eigenvalue weighted by Crippen LogP contribution is 2.55. The first-order chi connectivity index (χ1) is 11.5. The zero-order chi connectivity index (χ0) is 17.2. The van der Waals surface area contributed by atoms with Crippen LogP contribution in [-0.4, -0.2) is 56.1 Å². The van der Waals surface area contributed by atoms with Gasteiger partial charge in [-0.3, -0.25) is 4.79 Å². The molecule has 6 nitrogen and oxygen atoms in total. The van der Waals surface area contributed by atoms with Gasteiger partial charge >= 0.3 is 6.03 Å². The summed E-state index contributed by atoms with van der Waals surface area (Å²) < 4.78 is 0. The summed E-state index contributed by atoms with van der Waals surface area (Å²) in [7, 11) is 3.67. The molecular weight excluding hydrogens is 304 g/mol. The van der Waals surface area contributed by atoms with E-state index in [1.165, 1.54) is 19.3 Å². The van der Waals surface area contributed by atoms with Crippen molar-refractivity contribution in [2.24, 2.45) is 17.8 Å². The first kappa shape index (κ1) is 17.5. The molecule has 0 radical (unpaired) electrons. The van der Waals surface area contributed by atoms with Crippen molar-refractivity contribution in [3.05, 3.63) is 0 Å². The van der Waals surface area contributed by atoms with Crippen LogP contribution in [0.3, 0.4) is 0 Å². The Bertz CT molecular complexity index is 444. The molecule has 4 aliphatic carbocycles. The number of hydrogen-bond acceptors (Lipinski definition) is 3. The van der Waals surface area contributed by atoms with E-state index in [0.717, 1.165) is 43.6 Å². The summed E-state index contributed by atoms with van der Waals surface area (Å²) in [6.45, 7) is 1.87. The van der Waals surface area contributed by atoms with Gasteiger partial charge < -0.3 is 20.9 Å². The Kier molecular flexibility index (Phi) is 5.33.